The topological polar surface area (TPSA) is 4.93 Å². The Morgan fingerprint density at radius 3 is 2.05 bits per heavy atom. The van der Waals surface area contributed by atoms with E-state index in [1.807, 2.05) is 41.5 Å². The quantitative estimate of drug-likeness (QED) is 0.498. The Balaban J connectivity index is 0.000000661. The summed E-state index contributed by atoms with van der Waals surface area (Å²) in [4.78, 5) is 0. The van der Waals surface area contributed by atoms with Gasteiger partial charge in [0.25, 0.3) is 0 Å². The fraction of sp³-hybridized carbons (Fsp3) is 0.524. The van der Waals surface area contributed by atoms with E-state index in [2.05, 4.69) is 49.7 Å². The molecule has 1 aliphatic rings. The predicted molar refractivity (Wildman–Crippen MR) is 104 cm³/mol. The van der Waals surface area contributed by atoms with Crippen molar-refractivity contribution in [3.05, 3.63) is 40.6 Å². The Labute approximate surface area is 138 Å². The summed E-state index contributed by atoms with van der Waals surface area (Å²) >= 11 is 0. The Bertz CT molecular complexity index is 600. The van der Waals surface area contributed by atoms with Gasteiger partial charge in [0.15, 0.2) is 0 Å². The molecule has 1 aromatic heterocycles. The highest BCUT2D eigenvalue weighted by Gasteiger charge is 2.16. The first-order valence-corrected chi connectivity index (χ1v) is 8.92. The van der Waals surface area contributed by atoms with Crippen LogP contribution in [0, 0.1) is 6.92 Å². The molecule has 0 saturated heterocycles. The van der Waals surface area contributed by atoms with Gasteiger partial charge in [-0.15, -0.1) is 0 Å². The molecule has 1 aliphatic carbocycles. The molecule has 0 unspecified atom stereocenters. The van der Waals surface area contributed by atoms with Gasteiger partial charge in [0, 0.05) is 23.6 Å². The first kappa shape index (κ1) is 20.5. The average Bonchev–Trinajstić information content (AvgIpc) is 2.85. The molecule has 1 nitrogen and oxygen atoms in total. The van der Waals surface area contributed by atoms with Crippen molar-refractivity contribution in [1.82, 2.24) is 4.57 Å². The van der Waals surface area contributed by atoms with Crippen LogP contribution in [-0.2, 0) is 13.5 Å². The van der Waals surface area contributed by atoms with Gasteiger partial charge >= 0.3 is 0 Å². The van der Waals surface area contributed by atoms with Gasteiger partial charge < -0.3 is 4.57 Å². The molecule has 0 atom stereocenters. The van der Waals surface area contributed by atoms with Crippen LogP contribution in [-0.4, -0.2) is 4.57 Å². The van der Waals surface area contributed by atoms with E-state index in [1.54, 1.807) is 0 Å². The zero-order valence-electron chi connectivity index (χ0n) is 16.2. The smallest absolute Gasteiger partial charge is 0.0488 e. The van der Waals surface area contributed by atoms with Crippen molar-refractivity contribution < 1.29 is 0 Å². The van der Waals surface area contributed by atoms with Crippen LogP contribution < -0.4 is 0 Å². The fourth-order valence-electron chi connectivity index (χ4n) is 2.72. The van der Waals surface area contributed by atoms with Gasteiger partial charge in [0.1, 0.15) is 0 Å². The van der Waals surface area contributed by atoms with E-state index in [-0.39, 0.29) is 0 Å². The first-order valence-electron chi connectivity index (χ1n) is 8.92. The zero-order chi connectivity index (χ0) is 17.3. The molecule has 0 bridgehead atoms. The molecule has 1 heterocycles. The minimum atomic E-state index is 1.19. The summed E-state index contributed by atoms with van der Waals surface area (Å²) < 4.78 is 2.33. The van der Waals surface area contributed by atoms with Crippen LogP contribution in [0.1, 0.15) is 71.7 Å². The van der Waals surface area contributed by atoms with Crippen LogP contribution in [0.2, 0.25) is 0 Å². The van der Waals surface area contributed by atoms with E-state index < -0.39 is 0 Å². The van der Waals surface area contributed by atoms with E-state index in [0.29, 0.717) is 0 Å². The van der Waals surface area contributed by atoms with Crippen molar-refractivity contribution >= 4 is 17.0 Å². The second-order valence-electron chi connectivity index (χ2n) is 4.93. The normalized spacial score (nSPS) is 11.8. The highest BCUT2D eigenvalue weighted by molar-refractivity contribution is 5.89. The molecule has 0 amide bonds. The number of rotatable bonds is 0. The number of aryl methyl sites for hydroxylation is 3. The lowest BCUT2D eigenvalue weighted by atomic mass is 9.96. The number of benzene rings is 1. The summed E-state index contributed by atoms with van der Waals surface area (Å²) in [5, 5.41) is 1.44. The maximum absolute atomic E-state index is 2.34. The van der Waals surface area contributed by atoms with Crippen LogP contribution in [0.25, 0.3) is 17.0 Å². The van der Waals surface area contributed by atoms with E-state index in [9.17, 15) is 0 Å². The monoisotopic (exact) mass is 301 g/mol. The predicted octanol–water partition coefficient (Wildman–Crippen LogP) is 6.91. The molecule has 0 radical (unpaired) electrons. The molecular weight excluding hydrogens is 266 g/mol. The number of allylic oxidation sites excluding steroid dienone is 1. The lowest BCUT2D eigenvalue weighted by molar-refractivity contribution is 0.882. The van der Waals surface area contributed by atoms with Crippen LogP contribution in [0.5, 0.6) is 0 Å². The molecule has 0 aliphatic heterocycles. The molecule has 1 aromatic carbocycles. The van der Waals surface area contributed by atoms with Gasteiger partial charge in [-0.25, -0.2) is 0 Å². The Kier molecular flexibility index (Phi) is 9.56. The molecule has 0 fully saturated rings. The number of aromatic nitrogens is 1. The molecule has 2 aromatic rings. The molecule has 0 saturated carbocycles. The van der Waals surface area contributed by atoms with Crippen LogP contribution in [0.15, 0.2) is 23.8 Å². The maximum atomic E-state index is 2.34. The van der Waals surface area contributed by atoms with Gasteiger partial charge in [0.05, 0.1) is 0 Å². The lowest BCUT2D eigenvalue weighted by Crippen LogP contribution is -1.99. The fourth-order valence-corrected chi connectivity index (χ4v) is 2.72. The first-order chi connectivity index (χ1) is 10.7. The van der Waals surface area contributed by atoms with Crippen molar-refractivity contribution in [3.8, 4) is 0 Å². The third-order valence-electron chi connectivity index (χ3n) is 3.66. The van der Waals surface area contributed by atoms with Crippen molar-refractivity contribution in [3.63, 3.8) is 0 Å². The van der Waals surface area contributed by atoms with Crippen LogP contribution >= 0.6 is 0 Å². The number of hydrogen-bond acceptors (Lipinski definition) is 0. The number of hydrogen-bond donors (Lipinski definition) is 0. The van der Waals surface area contributed by atoms with E-state index in [4.69, 9.17) is 0 Å². The third-order valence-corrected chi connectivity index (χ3v) is 3.66. The van der Waals surface area contributed by atoms with Crippen LogP contribution in [0.4, 0.5) is 0 Å². The minimum Gasteiger partial charge on any atom is -0.344 e. The SMILES string of the molecule is CC.CC.CC.CC1=Cc2c(c3ccc(C)cc3n2C)CC1. The third kappa shape index (κ3) is 4.25. The second-order valence-corrected chi connectivity index (χ2v) is 4.93. The molecular formula is C21H35N. The highest BCUT2D eigenvalue weighted by atomic mass is 14.9. The van der Waals surface area contributed by atoms with Crippen molar-refractivity contribution in [2.75, 3.05) is 0 Å². The van der Waals surface area contributed by atoms with Crippen molar-refractivity contribution in [2.24, 2.45) is 7.05 Å². The van der Waals surface area contributed by atoms with Gasteiger partial charge in [0.2, 0.25) is 0 Å². The Morgan fingerprint density at radius 2 is 1.45 bits per heavy atom. The highest BCUT2D eigenvalue weighted by Crippen LogP contribution is 2.32. The van der Waals surface area contributed by atoms with E-state index in [1.165, 1.54) is 46.1 Å². The average molecular weight is 302 g/mol. The summed E-state index contributed by atoms with van der Waals surface area (Å²) in [6, 6.07) is 6.78. The van der Waals surface area contributed by atoms with Gasteiger partial charge in [-0.05, 0) is 50.0 Å². The molecule has 22 heavy (non-hydrogen) atoms. The molecule has 3 rings (SSSR count). The maximum Gasteiger partial charge on any atom is 0.0488 e. The summed E-state index contributed by atoms with van der Waals surface area (Å²) in [6.07, 6.45) is 4.74. The Hall–Kier alpha value is -1.50. The van der Waals surface area contributed by atoms with Gasteiger partial charge in [-0.3, -0.25) is 0 Å². The number of nitrogens with zero attached hydrogens (tertiary/aromatic N) is 1. The van der Waals surface area contributed by atoms with Crippen molar-refractivity contribution in [1.29, 1.82) is 0 Å². The standard InChI is InChI=1S/C15H17N.3C2H6/c1-10-4-6-12-13-7-5-11(2)9-15(13)16(3)14(12)8-10;3*1-2/h4,6,8-9H,5,7H2,1-3H3;3*1-2H3. The summed E-state index contributed by atoms with van der Waals surface area (Å²) in [5.74, 6) is 0. The van der Waals surface area contributed by atoms with Crippen molar-refractivity contribution in [2.45, 2.75) is 68.2 Å². The van der Waals surface area contributed by atoms with E-state index >= 15 is 0 Å². The van der Waals surface area contributed by atoms with Crippen LogP contribution in [0.3, 0.4) is 0 Å². The van der Waals surface area contributed by atoms with E-state index in [0.717, 1.165) is 0 Å². The second kappa shape index (κ2) is 10.3. The van der Waals surface area contributed by atoms with Gasteiger partial charge in [-0.2, -0.15) is 0 Å². The Morgan fingerprint density at radius 1 is 0.864 bits per heavy atom. The summed E-state index contributed by atoms with van der Waals surface area (Å²) in [7, 11) is 2.18. The zero-order valence-corrected chi connectivity index (χ0v) is 16.2. The summed E-state index contributed by atoms with van der Waals surface area (Å²) in [6.45, 7) is 16.4. The molecule has 0 N–H and O–H groups in total. The molecule has 1 heteroatoms. The number of fused-ring (bicyclic) bond motifs is 3. The lowest BCUT2D eigenvalue weighted by Gasteiger charge is -2.11. The summed E-state index contributed by atoms with van der Waals surface area (Å²) in [5.41, 5.74) is 7.14. The molecule has 0 spiro atoms. The van der Waals surface area contributed by atoms with Gasteiger partial charge in [-0.1, -0.05) is 59.2 Å². The minimum absolute atomic E-state index is 1.19. The molecule has 124 valence electrons. The largest absolute Gasteiger partial charge is 0.344 e.